The van der Waals surface area contributed by atoms with Crippen molar-refractivity contribution >= 4 is 10.9 Å². The molecule has 4 aromatic rings. The van der Waals surface area contributed by atoms with Crippen LogP contribution in [0.2, 0.25) is 0 Å². The van der Waals surface area contributed by atoms with Crippen LogP contribution < -0.4 is 0 Å². The Balaban J connectivity index is 1.84. The average molecular weight is 415 g/mol. The first kappa shape index (κ1) is 20.7. The molecule has 0 aliphatic heterocycles. The van der Waals surface area contributed by atoms with Crippen LogP contribution in [0, 0.1) is 17.7 Å². The van der Waals surface area contributed by atoms with Gasteiger partial charge in [-0.2, -0.15) is 0 Å². The number of benzene rings is 2. The minimum Gasteiger partial charge on any atom is -0.395 e. The molecule has 0 saturated carbocycles. The molecule has 0 aliphatic rings. The molecule has 0 aliphatic carbocycles. The second kappa shape index (κ2) is 8.31. The quantitative estimate of drug-likeness (QED) is 0.494. The molecule has 0 atom stereocenters. The summed E-state index contributed by atoms with van der Waals surface area (Å²) < 4.78 is 15.3. The Morgan fingerprint density at radius 3 is 2.48 bits per heavy atom. The summed E-state index contributed by atoms with van der Waals surface area (Å²) in [5.41, 5.74) is 3.65. The van der Waals surface area contributed by atoms with Crippen molar-refractivity contribution in [1.29, 1.82) is 0 Å². The van der Waals surface area contributed by atoms with E-state index in [1.807, 2.05) is 28.8 Å². The van der Waals surface area contributed by atoms with E-state index in [9.17, 15) is 14.6 Å². The maximum Gasteiger partial charge on any atom is 0.123 e. The standard InChI is InChI=1S/C25H22FN3O2/c1-25(2,31)10-9-17-13-20-14-19(5-8-22(20)27-15-17)24-23(28-16-29(24)11-12-30)18-3-6-21(26)7-4-18/h3-8,13-16,30-31H,11-12H2,1-2H3. The van der Waals surface area contributed by atoms with Crippen LogP contribution in [-0.4, -0.2) is 37.0 Å². The normalized spacial score (nSPS) is 11.4. The van der Waals surface area contributed by atoms with Crippen LogP contribution in [-0.2, 0) is 6.54 Å². The van der Waals surface area contributed by atoms with E-state index in [1.165, 1.54) is 12.1 Å². The van der Waals surface area contributed by atoms with E-state index < -0.39 is 5.60 Å². The number of pyridine rings is 1. The maximum atomic E-state index is 13.4. The largest absolute Gasteiger partial charge is 0.395 e. The molecule has 156 valence electrons. The highest BCUT2D eigenvalue weighted by Gasteiger charge is 2.16. The summed E-state index contributed by atoms with van der Waals surface area (Å²) in [6, 6.07) is 14.0. The Bertz CT molecular complexity index is 1290. The molecule has 0 bridgehead atoms. The third kappa shape index (κ3) is 4.64. The minimum absolute atomic E-state index is 0.0297. The molecule has 6 heteroatoms. The molecular formula is C25H22FN3O2. The van der Waals surface area contributed by atoms with Gasteiger partial charge in [-0.3, -0.25) is 4.98 Å². The minimum atomic E-state index is -1.09. The van der Waals surface area contributed by atoms with Crippen LogP contribution >= 0.6 is 0 Å². The topological polar surface area (TPSA) is 71.2 Å². The van der Waals surface area contributed by atoms with Gasteiger partial charge < -0.3 is 14.8 Å². The Morgan fingerprint density at radius 1 is 1.03 bits per heavy atom. The SMILES string of the molecule is CC(C)(O)C#Cc1cnc2ccc(-c3c(-c4ccc(F)cc4)ncn3CCO)cc2c1. The molecule has 0 saturated heterocycles. The predicted molar refractivity (Wildman–Crippen MR) is 119 cm³/mol. The monoisotopic (exact) mass is 415 g/mol. The summed E-state index contributed by atoms with van der Waals surface area (Å²) in [7, 11) is 0. The Morgan fingerprint density at radius 2 is 1.77 bits per heavy atom. The summed E-state index contributed by atoms with van der Waals surface area (Å²) in [6.07, 6.45) is 3.36. The lowest BCUT2D eigenvalue weighted by Gasteiger charge is -2.11. The fraction of sp³-hybridized carbons (Fsp3) is 0.200. The van der Waals surface area contributed by atoms with Crippen LogP contribution in [0.3, 0.4) is 0 Å². The van der Waals surface area contributed by atoms with Crippen molar-refractivity contribution < 1.29 is 14.6 Å². The van der Waals surface area contributed by atoms with Gasteiger partial charge in [0.15, 0.2) is 0 Å². The van der Waals surface area contributed by atoms with Crippen LogP contribution in [0.25, 0.3) is 33.4 Å². The van der Waals surface area contributed by atoms with Gasteiger partial charge in [0.1, 0.15) is 11.4 Å². The van der Waals surface area contributed by atoms with E-state index in [-0.39, 0.29) is 12.4 Å². The van der Waals surface area contributed by atoms with Crippen molar-refractivity contribution in [1.82, 2.24) is 14.5 Å². The Labute approximate surface area is 179 Å². The van der Waals surface area contributed by atoms with Crippen molar-refractivity contribution in [3.05, 3.63) is 72.4 Å². The molecule has 0 radical (unpaired) electrons. The summed E-state index contributed by atoms with van der Waals surface area (Å²) in [4.78, 5) is 8.99. The number of aliphatic hydroxyl groups is 2. The molecule has 0 unspecified atom stereocenters. The van der Waals surface area contributed by atoms with Crippen molar-refractivity contribution in [3.8, 4) is 34.4 Å². The van der Waals surface area contributed by atoms with E-state index in [2.05, 4.69) is 21.8 Å². The number of fused-ring (bicyclic) bond motifs is 1. The van der Waals surface area contributed by atoms with E-state index in [0.29, 0.717) is 17.8 Å². The van der Waals surface area contributed by atoms with Crippen molar-refractivity contribution in [3.63, 3.8) is 0 Å². The molecular weight excluding hydrogens is 393 g/mol. The molecule has 0 fully saturated rings. The van der Waals surface area contributed by atoms with Crippen LogP contribution in [0.5, 0.6) is 0 Å². The van der Waals surface area contributed by atoms with Gasteiger partial charge in [0.2, 0.25) is 0 Å². The number of aliphatic hydroxyl groups excluding tert-OH is 1. The van der Waals surface area contributed by atoms with Crippen LogP contribution in [0.4, 0.5) is 4.39 Å². The molecule has 4 rings (SSSR count). The third-order valence-corrected chi connectivity index (χ3v) is 4.76. The number of hydrogen-bond acceptors (Lipinski definition) is 4. The molecule has 5 nitrogen and oxygen atoms in total. The molecule has 2 N–H and O–H groups in total. The molecule has 0 spiro atoms. The highest BCUT2D eigenvalue weighted by molar-refractivity contribution is 5.88. The van der Waals surface area contributed by atoms with Crippen molar-refractivity contribution in [2.24, 2.45) is 0 Å². The maximum absolute atomic E-state index is 13.4. The molecule has 0 amide bonds. The molecule has 2 aromatic carbocycles. The molecule has 31 heavy (non-hydrogen) atoms. The van der Waals surface area contributed by atoms with E-state index in [0.717, 1.165) is 27.7 Å². The predicted octanol–water partition coefficient (Wildman–Crippen LogP) is 4.02. The third-order valence-electron chi connectivity index (χ3n) is 4.76. The van der Waals surface area contributed by atoms with Gasteiger partial charge in [-0.25, -0.2) is 9.37 Å². The first-order valence-corrected chi connectivity index (χ1v) is 9.92. The first-order valence-electron chi connectivity index (χ1n) is 9.92. The first-order chi connectivity index (χ1) is 14.8. The van der Waals surface area contributed by atoms with Gasteiger partial charge >= 0.3 is 0 Å². The van der Waals surface area contributed by atoms with Gasteiger partial charge in [0.25, 0.3) is 0 Å². The lowest BCUT2D eigenvalue weighted by molar-refractivity contribution is 0.143. The van der Waals surface area contributed by atoms with Crippen molar-refractivity contribution in [2.45, 2.75) is 26.0 Å². The summed E-state index contributed by atoms with van der Waals surface area (Å²) in [5.74, 6) is 5.45. The number of hydrogen-bond donors (Lipinski definition) is 2. The lowest BCUT2D eigenvalue weighted by atomic mass is 10.0. The van der Waals surface area contributed by atoms with E-state index in [4.69, 9.17) is 0 Å². The second-order valence-corrected chi connectivity index (χ2v) is 7.81. The van der Waals surface area contributed by atoms with Gasteiger partial charge in [0, 0.05) is 34.8 Å². The molecule has 2 aromatic heterocycles. The Kier molecular flexibility index (Phi) is 5.55. The number of aromatic nitrogens is 3. The summed E-state index contributed by atoms with van der Waals surface area (Å²) in [5, 5.41) is 20.2. The number of halogens is 1. The Hall–Kier alpha value is -3.53. The highest BCUT2D eigenvalue weighted by Crippen LogP contribution is 2.33. The van der Waals surface area contributed by atoms with Crippen molar-refractivity contribution in [2.75, 3.05) is 6.61 Å². The van der Waals surface area contributed by atoms with E-state index >= 15 is 0 Å². The average Bonchev–Trinajstić information content (AvgIpc) is 3.15. The fourth-order valence-electron chi connectivity index (χ4n) is 3.35. The van der Waals surface area contributed by atoms with Gasteiger partial charge in [-0.15, -0.1) is 0 Å². The number of nitrogens with zero attached hydrogens (tertiary/aromatic N) is 3. The zero-order valence-corrected chi connectivity index (χ0v) is 17.3. The lowest BCUT2D eigenvalue weighted by Crippen LogP contribution is -2.14. The zero-order chi connectivity index (χ0) is 22.0. The van der Waals surface area contributed by atoms with Crippen LogP contribution in [0.1, 0.15) is 19.4 Å². The summed E-state index contributed by atoms with van der Waals surface area (Å²) in [6.45, 7) is 3.62. The zero-order valence-electron chi connectivity index (χ0n) is 17.3. The number of imidazole rings is 1. The summed E-state index contributed by atoms with van der Waals surface area (Å²) >= 11 is 0. The highest BCUT2D eigenvalue weighted by atomic mass is 19.1. The van der Waals surface area contributed by atoms with Gasteiger partial charge in [-0.05, 0) is 56.3 Å². The molecule has 2 heterocycles. The van der Waals surface area contributed by atoms with Gasteiger partial charge in [0.05, 0.1) is 29.8 Å². The fourth-order valence-corrected chi connectivity index (χ4v) is 3.35. The van der Waals surface area contributed by atoms with Gasteiger partial charge in [-0.1, -0.05) is 17.9 Å². The van der Waals surface area contributed by atoms with Crippen LogP contribution in [0.15, 0.2) is 61.1 Å². The number of rotatable bonds is 4. The van der Waals surface area contributed by atoms with E-state index in [1.54, 1.807) is 38.5 Å². The second-order valence-electron chi connectivity index (χ2n) is 7.81. The smallest absolute Gasteiger partial charge is 0.123 e.